The predicted octanol–water partition coefficient (Wildman–Crippen LogP) is 4.26. The lowest BCUT2D eigenvalue weighted by molar-refractivity contribution is -0.137. The monoisotopic (exact) mass is 563 g/mol. The van der Waals surface area contributed by atoms with E-state index in [-0.39, 0.29) is 17.3 Å². The molecule has 1 aliphatic rings. The van der Waals surface area contributed by atoms with Gasteiger partial charge in [-0.25, -0.2) is 4.68 Å². The molecule has 2 amide bonds. The van der Waals surface area contributed by atoms with Crippen LogP contribution in [0.4, 0.5) is 18.9 Å². The average Bonchev–Trinajstić information content (AvgIpc) is 3.33. The van der Waals surface area contributed by atoms with Crippen molar-refractivity contribution in [2.24, 2.45) is 0 Å². The molecule has 0 radical (unpaired) electrons. The first-order chi connectivity index (χ1) is 19.7. The SMILES string of the molecule is Cc1c(C(=O)N2CCN(Cc3ccccc3)CC2)nnn1Cc1ccc(C(=O)Nc2ccc(C(F)(F)F)cc2)nc1. The molecule has 1 saturated heterocycles. The Morgan fingerprint density at radius 3 is 2.22 bits per heavy atom. The maximum atomic E-state index is 13.2. The van der Waals surface area contributed by atoms with Crippen LogP contribution in [0.2, 0.25) is 0 Å². The van der Waals surface area contributed by atoms with Gasteiger partial charge in [0, 0.05) is 44.6 Å². The second-order valence-corrected chi connectivity index (χ2v) is 9.82. The standard InChI is InChI=1S/C29H28F3N7O2/c1-20-26(28(41)38-15-13-37(14-16-38)18-21-5-3-2-4-6-21)35-36-39(20)19-22-7-12-25(33-17-22)27(40)34-24-10-8-23(9-11-24)29(30,31)32/h2-12,17H,13-16,18-19H2,1H3,(H,34,40). The van der Waals surface area contributed by atoms with Gasteiger partial charge in [-0.05, 0) is 48.4 Å². The van der Waals surface area contributed by atoms with Crippen molar-refractivity contribution in [1.29, 1.82) is 0 Å². The van der Waals surface area contributed by atoms with E-state index in [1.54, 1.807) is 22.6 Å². The summed E-state index contributed by atoms with van der Waals surface area (Å²) in [7, 11) is 0. The number of rotatable bonds is 7. The maximum absolute atomic E-state index is 13.2. The molecule has 5 rings (SSSR count). The molecule has 1 aliphatic heterocycles. The molecule has 2 aromatic heterocycles. The van der Waals surface area contributed by atoms with Crippen molar-refractivity contribution in [3.8, 4) is 0 Å². The zero-order chi connectivity index (χ0) is 29.0. The van der Waals surface area contributed by atoms with Gasteiger partial charge in [-0.15, -0.1) is 5.10 Å². The molecular weight excluding hydrogens is 535 g/mol. The fourth-order valence-electron chi connectivity index (χ4n) is 4.57. The first-order valence-corrected chi connectivity index (χ1v) is 13.1. The minimum atomic E-state index is -4.45. The summed E-state index contributed by atoms with van der Waals surface area (Å²) >= 11 is 0. The van der Waals surface area contributed by atoms with Gasteiger partial charge in [0.15, 0.2) is 5.69 Å². The molecule has 0 unspecified atom stereocenters. The summed E-state index contributed by atoms with van der Waals surface area (Å²) in [6, 6.07) is 17.6. The average molecular weight is 564 g/mol. The van der Waals surface area contributed by atoms with Crippen molar-refractivity contribution >= 4 is 17.5 Å². The molecule has 12 heteroatoms. The number of nitrogens with zero attached hydrogens (tertiary/aromatic N) is 6. The van der Waals surface area contributed by atoms with Gasteiger partial charge >= 0.3 is 6.18 Å². The molecule has 2 aromatic carbocycles. The Labute approximate surface area is 234 Å². The summed E-state index contributed by atoms with van der Waals surface area (Å²) in [5, 5.41) is 10.8. The lowest BCUT2D eigenvalue weighted by Gasteiger charge is -2.34. The largest absolute Gasteiger partial charge is 0.416 e. The van der Waals surface area contributed by atoms with E-state index < -0.39 is 17.6 Å². The smallest absolute Gasteiger partial charge is 0.335 e. The quantitative estimate of drug-likeness (QED) is 0.361. The summed E-state index contributed by atoms with van der Waals surface area (Å²) in [5.74, 6) is -0.702. The number of hydrogen-bond donors (Lipinski definition) is 1. The third kappa shape index (κ3) is 6.77. The summed E-state index contributed by atoms with van der Waals surface area (Å²) in [5.41, 5.74) is 2.44. The molecule has 1 fully saturated rings. The Morgan fingerprint density at radius 1 is 0.878 bits per heavy atom. The first-order valence-electron chi connectivity index (χ1n) is 13.1. The number of pyridine rings is 1. The van der Waals surface area contributed by atoms with Crippen LogP contribution >= 0.6 is 0 Å². The van der Waals surface area contributed by atoms with Gasteiger partial charge in [0.05, 0.1) is 17.8 Å². The van der Waals surface area contributed by atoms with Crippen LogP contribution in [0.15, 0.2) is 72.9 Å². The third-order valence-corrected chi connectivity index (χ3v) is 6.95. The second-order valence-electron chi connectivity index (χ2n) is 9.82. The Bertz CT molecular complexity index is 1500. The van der Waals surface area contributed by atoms with Crippen molar-refractivity contribution in [3.05, 3.63) is 107 Å². The number of piperazine rings is 1. The predicted molar refractivity (Wildman–Crippen MR) is 145 cm³/mol. The molecule has 0 aliphatic carbocycles. The third-order valence-electron chi connectivity index (χ3n) is 6.95. The first kappa shape index (κ1) is 28.0. The van der Waals surface area contributed by atoms with Gasteiger partial charge < -0.3 is 10.2 Å². The number of carbonyl (C=O) groups is 2. The highest BCUT2D eigenvalue weighted by Crippen LogP contribution is 2.29. The number of alkyl halides is 3. The minimum absolute atomic E-state index is 0.103. The lowest BCUT2D eigenvalue weighted by atomic mass is 10.2. The molecule has 212 valence electrons. The normalized spacial score (nSPS) is 14.2. The molecular formula is C29H28F3N7O2. The molecule has 9 nitrogen and oxygen atoms in total. The second kappa shape index (κ2) is 11.9. The minimum Gasteiger partial charge on any atom is -0.335 e. The van der Waals surface area contributed by atoms with Crippen molar-refractivity contribution in [1.82, 2.24) is 29.8 Å². The Kier molecular flexibility index (Phi) is 8.11. The van der Waals surface area contributed by atoms with E-state index in [0.717, 1.165) is 37.3 Å². The van der Waals surface area contributed by atoms with E-state index in [2.05, 4.69) is 37.6 Å². The molecule has 0 bridgehead atoms. The number of hydrogen-bond acceptors (Lipinski definition) is 6. The number of halogens is 3. The molecule has 0 saturated carbocycles. The molecule has 3 heterocycles. The van der Waals surface area contributed by atoms with Crippen LogP contribution < -0.4 is 5.32 Å². The van der Waals surface area contributed by atoms with Gasteiger partial charge in [0.1, 0.15) is 5.69 Å². The highest BCUT2D eigenvalue weighted by molar-refractivity contribution is 6.02. The van der Waals surface area contributed by atoms with E-state index in [1.165, 1.54) is 30.0 Å². The van der Waals surface area contributed by atoms with E-state index in [1.807, 2.05) is 18.2 Å². The number of benzene rings is 2. The fourth-order valence-corrected chi connectivity index (χ4v) is 4.57. The van der Waals surface area contributed by atoms with E-state index in [0.29, 0.717) is 31.0 Å². The van der Waals surface area contributed by atoms with Crippen LogP contribution in [0.1, 0.15) is 43.4 Å². The van der Waals surface area contributed by atoms with Crippen LogP contribution in [0.25, 0.3) is 0 Å². The Hall–Kier alpha value is -4.58. The zero-order valence-electron chi connectivity index (χ0n) is 22.3. The van der Waals surface area contributed by atoms with Crippen LogP contribution in [0.5, 0.6) is 0 Å². The van der Waals surface area contributed by atoms with E-state index in [9.17, 15) is 22.8 Å². The van der Waals surface area contributed by atoms with Crippen LogP contribution in [0.3, 0.4) is 0 Å². The lowest BCUT2D eigenvalue weighted by Crippen LogP contribution is -2.48. The fraction of sp³-hybridized carbons (Fsp3) is 0.276. The highest BCUT2D eigenvalue weighted by atomic mass is 19.4. The Morgan fingerprint density at radius 2 is 1.59 bits per heavy atom. The molecule has 4 aromatic rings. The number of anilines is 1. The molecule has 1 N–H and O–H groups in total. The van der Waals surface area contributed by atoms with Gasteiger partial charge in [0.25, 0.3) is 11.8 Å². The van der Waals surface area contributed by atoms with E-state index >= 15 is 0 Å². The van der Waals surface area contributed by atoms with Crippen molar-refractivity contribution in [3.63, 3.8) is 0 Å². The highest BCUT2D eigenvalue weighted by Gasteiger charge is 2.30. The summed E-state index contributed by atoms with van der Waals surface area (Å²) in [6.07, 6.45) is -2.94. The van der Waals surface area contributed by atoms with Crippen LogP contribution in [0, 0.1) is 6.92 Å². The number of amides is 2. The number of nitrogens with one attached hydrogen (secondary N) is 1. The molecule has 0 atom stereocenters. The van der Waals surface area contributed by atoms with Crippen LogP contribution in [-0.4, -0.2) is 67.8 Å². The summed E-state index contributed by atoms with van der Waals surface area (Å²) < 4.78 is 39.8. The zero-order valence-corrected chi connectivity index (χ0v) is 22.3. The van der Waals surface area contributed by atoms with E-state index in [4.69, 9.17) is 0 Å². The Balaban J connectivity index is 1.15. The van der Waals surface area contributed by atoms with Gasteiger partial charge in [-0.1, -0.05) is 41.6 Å². The maximum Gasteiger partial charge on any atom is 0.416 e. The molecule has 41 heavy (non-hydrogen) atoms. The van der Waals surface area contributed by atoms with Crippen molar-refractivity contribution < 1.29 is 22.8 Å². The van der Waals surface area contributed by atoms with Gasteiger partial charge in [-0.2, -0.15) is 13.2 Å². The summed E-state index contributed by atoms with van der Waals surface area (Å²) in [6.45, 7) is 5.71. The topological polar surface area (TPSA) is 96.3 Å². The van der Waals surface area contributed by atoms with Gasteiger partial charge in [-0.3, -0.25) is 19.5 Å². The number of carbonyl (C=O) groups excluding carboxylic acids is 2. The van der Waals surface area contributed by atoms with Crippen molar-refractivity contribution in [2.75, 3.05) is 31.5 Å². The van der Waals surface area contributed by atoms with Crippen molar-refractivity contribution in [2.45, 2.75) is 26.2 Å². The summed E-state index contributed by atoms with van der Waals surface area (Å²) in [4.78, 5) is 34.0. The molecule has 0 spiro atoms. The van der Waals surface area contributed by atoms with Gasteiger partial charge in [0.2, 0.25) is 0 Å². The number of aromatic nitrogens is 4. The van der Waals surface area contributed by atoms with Crippen LogP contribution in [-0.2, 0) is 19.3 Å².